The highest BCUT2D eigenvalue weighted by Crippen LogP contribution is 2.18. The maximum absolute atomic E-state index is 11.2. The van der Waals surface area contributed by atoms with Crippen LogP contribution >= 0.6 is 15.9 Å². The molecule has 0 aliphatic rings. The summed E-state index contributed by atoms with van der Waals surface area (Å²) in [5.41, 5.74) is 0.375. The monoisotopic (exact) mass is 284 g/mol. The summed E-state index contributed by atoms with van der Waals surface area (Å²) in [7, 11) is 0. The number of hydrogen-bond acceptors (Lipinski definition) is 3. The molecule has 0 radical (unpaired) electrons. The topological polar surface area (TPSA) is 35.5 Å². The van der Waals surface area contributed by atoms with Gasteiger partial charge in [0.05, 0.1) is 6.61 Å². The molecule has 0 saturated carbocycles. The molecule has 0 bridgehead atoms. The van der Waals surface area contributed by atoms with E-state index in [4.69, 9.17) is 9.47 Å². The molecule has 0 aromatic heterocycles. The highest BCUT2D eigenvalue weighted by molar-refractivity contribution is 9.09. The van der Waals surface area contributed by atoms with E-state index in [1.165, 1.54) is 0 Å². The van der Waals surface area contributed by atoms with Crippen LogP contribution < -0.4 is 9.47 Å². The zero-order valence-electron chi connectivity index (χ0n) is 9.03. The quantitative estimate of drug-likeness (QED) is 0.361. The maximum Gasteiger partial charge on any atom is 0.338 e. The van der Waals surface area contributed by atoms with Gasteiger partial charge in [-0.15, -0.1) is 0 Å². The standard InChI is InChI=1S/C12H13BrO3/c1-9(2)12(14)16-11-5-3-10(4-6-11)15-8-7-13/h3-6H,1,7-8H2,2H3. The lowest BCUT2D eigenvalue weighted by Crippen LogP contribution is -2.08. The van der Waals surface area contributed by atoms with Crippen LogP contribution in [0.1, 0.15) is 6.92 Å². The second-order valence-corrected chi connectivity index (χ2v) is 3.97. The minimum atomic E-state index is -0.422. The van der Waals surface area contributed by atoms with Crippen molar-refractivity contribution in [3.05, 3.63) is 36.4 Å². The fraction of sp³-hybridized carbons (Fsp3) is 0.250. The number of hydrogen-bond donors (Lipinski definition) is 0. The first-order valence-electron chi connectivity index (χ1n) is 4.80. The van der Waals surface area contributed by atoms with Crippen molar-refractivity contribution in [3.8, 4) is 11.5 Å². The summed E-state index contributed by atoms with van der Waals surface area (Å²) in [6.07, 6.45) is 0. The minimum absolute atomic E-state index is 0.375. The second-order valence-electron chi connectivity index (χ2n) is 3.18. The lowest BCUT2D eigenvalue weighted by atomic mass is 10.3. The van der Waals surface area contributed by atoms with Crippen LogP contribution in [0.3, 0.4) is 0 Å². The molecule has 1 rings (SSSR count). The van der Waals surface area contributed by atoms with Crippen LogP contribution in [0.15, 0.2) is 36.4 Å². The van der Waals surface area contributed by atoms with E-state index < -0.39 is 5.97 Å². The average Bonchev–Trinajstić information content (AvgIpc) is 2.28. The van der Waals surface area contributed by atoms with Crippen LogP contribution in [0.5, 0.6) is 11.5 Å². The number of halogens is 1. The summed E-state index contributed by atoms with van der Waals surface area (Å²) < 4.78 is 10.4. The van der Waals surface area contributed by atoms with Crippen LogP contribution in [-0.4, -0.2) is 17.9 Å². The summed E-state index contributed by atoms with van der Waals surface area (Å²) in [6.45, 7) is 5.71. The fourth-order valence-electron chi connectivity index (χ4n) is 0.954. The largest absolute Gasteiger partial charge is 0.493 e. The third-order valence-electron chi connectivity index (χ3n) is 1.73. The Morgan fingerprint density at radius 1 is 1.31 bits per heavy atom. The number of benzene rings is 1. The van der Waals surface area contributed by atoms with Crippen molar-refractivity contribution < 1.29 is 14.3 Å². The predicted octanol–water partition coefficient (Wildman–Crippen LogP) is 2.94. The van der Waals surface area contributed by atoms with Gasteiger partial charge in [-0.2, -0.15) is 0 Å². The molecular formula is C12H13BrO3. The van der Waals surface area contributed by atoms with E-state index in [2.05, 4.69) is 22.5 Å². The SMILES string of the molecule is C=C(C)C(=O)Oc1ccc(OCCBr)cc1. The first-order chi connectivity index (χ1) is 7.63. The number of ether oxygens (including phenoxy) is 2. The van der Waals surface area contributed by atoms with E-state index in [0.29, 0.717) is 17.9 Å². The van der Waals surface area contributed by atoms with Crippen molar-refractivity contribution >= 4 is 21.9 Å². The smallest absolute Gasteiger partial charge is 0.338 e. The van der Waals surface area contributed by atoms with E-state index in [0.717, 1.165) is 11.1 Å². The van der Waals surface area contributed by atoms with Gasteiger partial charge in [-0.05, 0) is 31.2 Å². The van der Waals surface area contributed by atoms with Crippen molar-refractivity contribution in [1.29, 1.82) is 0 Å². The number of rotatable bonds is 5. The minimum Gasteiger partial charge on any atom is -0.493 e. The van der Waals surface area contributed by atoms with Gasteiger partial charge in [-0.3, -0.25) is 0 Å². The lowest BCUT2D eigenvalue weighted by Gasteiger charge is -2.06. The third-order valence-corrected chi connectivity index (χ3v) is 2.05. The molecule has 16 heavy (non-hydrogen) atoms. The van der Waals surface area contributed by atoms with Crippen molar-refractivity contribution in [3.63, 3.8) is 0 Å². The Balaban J connectivity index is 2.57. The molecule has 0 N–H and O–H groups in total. The van der Waals surface area contributed by atoms with E-state index in [1.54, 1.807) is 31.2 Å². The maximum atomic E-state index is 11.2. The van der Waals surface area contributed by atoms with Crippen LogP contribution in [0.25, 0.3) is 0 Å². The molecule has 86 valence electrons. The number of esters is 1. The molecule has 0 aliphatic heterocycles. The van der Waals surface area contributed by atoms with Crippen LogP contribution in [-0.2, 0) is 4.79 Å². The number of alkyl halides is 1. The highest BCUT2D eigenvalue weighted by Gasteiger charge is 2.04. The van der Waals surface area contributed by atoms with Crippen LogP contribution in [0, 0.1) is 0 Å². The first kappa shape index (κ1) is 12.8. The Bertz CT molecular complexity index is 370. The van der Waals surface area contributed by atoms with E-state index in [9.17, 15) is 4.79 Å². The van der Waals surface area contributed by atoms with Crippen molar-refractivity contribution in [1.82, 2.24) is 0 Å². The van der Waals surface area contributed by atoms with Crippen molar-refractivity contribution in [2.24, 2.45) is 0 Å². The molecule has 0 unspecified atom stereocenters. The Morgan fingerprint density at radius 2 is 1.88 bits per heavy atom. The Hall–Kier alpha value is -1.29. The Kier molecular flexibility index (Phi) is 5.05. The van der Waals surface area contributed by atoms with Crippen molar-refractivity contribution in [2.75, 3.05) is 11.9 Å². The van der Waals surface area contributed by atoms with Gasteiger partial charge in [0.1, 0.15) is 11.5 Å². The molecule has 0 heterocycles. The molecule has 1 aromatic carbocycles. The Morgan fingerprint density at radius 3 is 2.38 bits per heavy atom. The van der Waals surface area contributed by atoms with E-state index in [-0.39, 0.29) is 0 Å². The third kappa shape index (κ3) is 4.06. The van der Waals surface area contributed by atoms with Gasteiger partial charge in [0.15, 0.2) is 0 Å². The zero-order chi connectivity index (χ0) is 12.0. The molecule has 1 aromatic rings. The second kappa shape index (κ2) is 6.33. The molecular weight excluding hydrogens is 272 g/mol. The summed E-state index contributed by atoms with van der Waals surface area (Å²) in [5, 5.41) is 0.777. The molecule has 0 aliphatic carbocycles. The van der Waals surface area contributed by atoms with Gasteiger partial charge in [-0.1, -0.05) is 22.5 Å². The van der Waals surface area contributed by atoms with Gasteiger partial charge in [0, 0.05) is 10.9 Å². The summed E-state index contributed by atoms with van der Waals surface area (Å²) in [5.74, 6) is 0.808. The van der Waals surface area contributed by atoms with Gasteiger partial charge < -0.3 is 9.47 Å². The molecule has 0 saturated heterocycles. The molecule has 0 atom stereocenters. The van der Waals surface area contributed by atoms with Gasteiger partial charge in [0.25, 0.3) is 0 Å². The normalized spacial score (nSPS) is 9.62. The molecule has 4 heteroatoms. The zero-order valence-corrected chi connectivity index (χ0v) is 10.6. The van der Waals surface area contributed by atoms with Gasteiger partial charge in [-0.25, -0.2) is 4.79 Å². The first-order valence-corrected chi connectivity index (χ1v) is 5.92. The van der Waals surface area contributed by atoms with Crippen LogP contribution in [0.4, 0.5) is 0 Å². The average molecular weight is 285 g/mol. The number of carbonyl (C=O) groups excluding carboxylic acids is 1. The fourth-order valence-corrected chi connectivity index (χ4v) is 1.12. The van der Waals surface area contributed by atoms with E-state index >= 15 is 0 Å². The molecule has 3 nitrogen and oxygen atoms in total. The summed E-state index contributed by atoms with van der Waals surface area (Å²) >= 11 is 3.27. The predicted molar refractivity (Wildman–Crippen MR) is 66.2 cm³/mol. The molecule has 0 spiro atoms. The molecule has 0 fully saturated rings. The van der Waals surface area contributed by atoms with Crippen LogP contribution in [0.2, 0.25) is 0 Å². The van der Waals surface area contributed by atoms with E-state index in [1.807, 2.05) is 0 Å². The Labute approximate surface area is 103 Å². The van der Waals surface area contributed by atoms with Gasteiger partial charge in [0.2, 0.25) is 0 Å². The highest BCUT2D eigenvalue weighted by atomic mass is 79.9. The summed E-state index contributed by atoms with van der Waals surface area (Å²) in [4.78, 5) is 11.2. The van der Waals surface area contributed by atoms with Gasteiger partial charge >= 0.3 is 5.97 Å². The molecule has 0 amide bonds. The lowest BCUT2D eigenvalue weighted by molar-refractivity contribution is -0.130. The summed E-state index contributed by atoms with van der Waals surface area (Å²) in [6, 6.07) is 6.88. The van der Waals surface area contributed by atoms with Crippen molar-refractivity contribution in [2.45, 2.75) is 6.92 Å². The number of carbonyl (C=O) groups is 1.